The summed E-state index contributed by atoms with van der Waals surface area (Å²) in [5, 5.41) is 12.9. The zero-order valence-electron chi connectivity index (χ0n) is 14.0. The number of hydrogen-bond acceptors (Lipinski definition) is 5. The molecule has 0 aliphatic rings. The summed E-state index contributed by atoms with van der Waals surface area (Å²) in [6, 6.07) is 18.7. The zero-order chi connectivity index (χ0) is 17.8. The second-order valence-corrected chi connectivity index (χ2v) is 5.87. The second-order valence-electron chi connectivity index (χ2n) is 5.87. The Labute approximate surface area is 149 Å². The van der Waals surface area contributed by atoms with Crippen molar-refractivity contribution in [2.75, 3.05) is 6.61 Å². The predicted molar refractivity (Wildman–Crippen MR) is 97.5 cm³/mol. The van der Waals surface area contributed by atoms with Crippen LogP contribution in [0.15, 0.2) is 65.5 Å². The molecule has 0 saturated carbocycles. The van der Waals surface area contributed by atoms with Gasteiger partial charge in [-0.15, -0.1) is 5.10 Å². The molecule has 0 bridgehead atoms. The molecule has 4 rings (SSSR count). The van der Waals surface area contributed by atoms with Gasteiger partial charge in [0.05, 0.1) is 12.3 Å². The number of nitrogens with zero attached hydrogens (tertiary/aromatic N) is 4. The zero-order valence-corrected chi connectivity index (χ0v) is 14.0. The summed E-state index contributed by atoms with van der Waals surface area (Å²) in [5.41, 5.74) is 1.63. The van der Waals surface area contributed by atoms with E-state index in [0.717, 1.165) is 34.6 Å². The van der Waals surface area contributed by atoms with Gasteiger partial charge >= 0.3 is 0 Å². The number of nitrogens with one attached hydrogen (secondary N) is 1. The lowest BCUT2D eigenvalue weighted by atomic mass is 10.2. The molecule has 0 unspecified atom stereocenters. The van der Waals surface area contributed by atoms with Crippen LogP contribution < -0.4 is 10.3 Å². The maximum Gasteiger partial charge on any atom is 0.248 e. The van der Waals surface area contributed by atoms with Crippen LogP contribution in [0.3, 0.4) is 0 Å². The third-order valence-electron chi connectivity index (χ3n) is 4.04. The summed E-state index contributed by atoms with van der Waals surface area (Å²) < 4.78 is 7.56. The van der Waals surface area contributed by atoms with Gasteiger partial charge in [-0.2, -0.15) is 4.68 Å². The van der Waals surface area contributed by atoms with Crippen LogP contribution in [0.25, 0.3) is 16.6 Å². The Morgan fingerprint density at radius 2 is 1.92 bits per heavy atom. The number of aromatic amines is 1. The van der Waals surface area contributed by atoms with E-state index in [4.69, 9.17) is 4.74 Å². The molecule has 130 valence electrons. The monoisotopic (exact) mass is 347 g/mol. The Bertz CT molecular complexity index is 1070. The van der Waals surface area contributed by atoms with Gasteiger partial charge in [-0.1, -0.05) is 18.2 Å². The number of pyridine rings is 1. The first-order valence-electron chi connectivity index (χ1n) is 8.38. The van der Waals surface area contributed by atoms with Crippen molar-refractivity contribution < 1.29 is 4.74 Å². The number of tetrazole rings is 1. The average molecular weight is 347 g/mol. The Balaban J connectivity index is 1.37. The molecule has 2 aromatic heterocycles. The normalized spacial score (nSPS) is 10.9. The number of hydrogen-bond donors (Lipinski definition) is 1. The lowest BCUT2D eigenvalue weighted by Crippen LogP contribution is -2.06. The van der Waals surface area contributed by atoms with Crippen molar-refractivity contribution in [1.29, 1.82) is 0 Å². The number of rotatable bonds is 6. The molecule has 0 radical (unpaired) electrons. The third-order valence-corrected chi connectivity index (χ3v) is 4.04. The highest BCUT2D eigenvalue weighted by Gasteiger charge is 2.07. The molecule has 2 heterocycles. The average Bonchev–Trinajstić information content (AvgIpc) is 3.14. The van der Waals surface area contributed by atoms with E-state index in [2.05, 4.69) is 20.5 Å². The molecule has 0 aliphatic heterocycles. The molecule has 0 spiro atoms. The van der Waals surface area contributed by atoms with E-state index in [0.29, 0.717) is 13.0 Å². The fraction of sp³-hybridized carbons (Fsp3) is 0.158. The van der Waals surface area contributed by atoms with Crippen LogP contribution in [0.1, 0.15) is 12.2 Å². The number of aryl methyl sites for hydroxylation is 1. The topological polar surface area (TPSA) is 85.7 Å². The minimum Gasteiger partial charge on any atom is -0.494 e. The van der Waals surface area contributed by atoms with Crippen LogP contribution in [-0.4, -0.2) is 31.8 Å². The van der Waals surface area contributed by atoms with Crippen molar-refractivity contribution in [3.63, 3.8) is 0 Å². The molecule has 0 aliphatic carbocycles. The Hall–Kier alpha value is -3.48. The van der Waals surface area contributed by atoms with Crippen LogP contribution in [0.2, 0.25) is 0 Å². The van der Waals surface area contributed by atoms with Crippen molar-refractivity contribution in [1.82, 2.24) is 25.2 Å². The molecular formula is C19H17N5O2. The fourth-order valence-corrected chi connectivity index (χ4v) is 2.77. The van der Waals surface area contributed by atoms with Crippen molar-refractivity contribution in [3.05, 3.63) is 76.8 Å². The van der Waals surface area contributed by atoms with Gasteiger partial charge in [0.2, 0.25) is 5.56 Å². The molecule has 0 amide bonds. The molecular weight excluding hydrogens is 330 g/mol. The lowest BCUT2D eigenvalue weighted by molar-refractivity contribution is 0.310. The number of fused-ring (bicyclic) bond motifs is 1. The van der Waals surface area contributed by atoms with E-state index in [1.807, 2.05) is 48.5 Å². The van der Waals surface area contributed by atoms with Gasteiger partial charge in [0.1, 0.15) is 5.75 Å². The van der Waals surface area contributed by atoms with Crippen LogP contribution >= 0.6 is 0 Å². The highest BCUT2D eigenvalue weighted by Crippen LogP contribution is 2.18. The maximum absolute atomic E-state index is 11.3. The van der Waals surface area contributed by atoms with E-state index < -0.39 is 0 Å². The second kappa shape index (κ2) is 7.18. The number of ether oxygens (including phenoxy) is 1. The number of para-hydroxylation sites is 1. The first-order chi connectivity index (χ1) is 12.8. The SMILES string of the molecule is O=c1ccc2cc(OCCCc3nnnn3-c3ccccc3)ccc2[nH]1. The van der Waals surface area contributed by atoms with Gasteiger partial charge in [-0.3, -0.25) is 4.79 Å². The van der Waals surface area contributed by atoms with Crippen molar-refractivity contribution in [2.45, 2.75) is 12.8 Å². The summed E-state index contributed by atoms with van der Waals surface area (Å²) in [6.07, 6.45) is 1.50. The van der Waals surface area contributed by atoms with E-state index in [-0.39, 0.29) is 5.56 Å². The summed E-state index contributed by atoms with van der Waals surface area (Å²) >= 11 is 0. The first kappa shape index (κ1) is 16.0. The van der Waals surface area contributed by atoms with Gasteiger partial charge in [-0.25, -0.2) is 0 Å². The number of aromatic nitrogens is 5. The fourth-order valence-electron chi connectivity index (χ4n) is 2.77. The highest BCUT2D eigenvalue weighted by molar-refractivity contribution is 5.79. The van der Waals surface area contributed by atoms with Crippen LogP contribution in [0.5, 0.6) is 5.75 Å². The molecule has 0 atom stereocenters. The molecule has 7 nitrogen and oxygen atoms in total. The smallest absolute Gasteiger partial charge is 0.248 e. The third kappa shape index (κ3) is 3.46. The van der Waals surface area contributed by atoms with E-state index in [9.17, 15) is 4.79 Å². The van der Waals surface area contributed by atoms with Crippen molar-refractivity contribution in [2.24, 2.45) is 0 Å². The number of benzene rings is 2. The van der Waals surface area contributed by atoms with E-state index in [1.165, 1.54) is 6.07 Å². The molecule has 4 aromatic rings. The quantitative estimate of drug-likeness (QED) is 0.542. The molecule has 0 fully saturated rings. The first-order valence-corrected chi connectivity index (χ1v) is 8.38. The van der Waals surface area contributed by atoms with E-state index in [1.54, 1.807) is 10.7 Å². The van der Waals surface area contributed by atoms with Gasteiger partial charge in [0.15, 0.2) is 5.82 Å². The Morgan fingerprint density at radius 1 is 1.04 bits per heavy atom. The summed E-state index contributed by atoms with van der Waals surface area (Å²) in [4.78, 5) is 14.1. The van der Waals surface area contributed by atoms with Crippen LogP contribution in [0, 0.1) is 0 Å². The highest BCUT2D eigenvalue weighted by atomic mass is 16.5. The summed E-state index contributed by atoms with van der Waals surface area (Å²) in [5.74, 6) is 1.57. The van der Waals surface area contributed by atoms with Crippen molar-refractivity contribution >= 4 is 10.9 Å². The standard InChI is InChI=1S/C19H17N5O2/c25-19-11-8-14-13-16(9-10-17(14)20-19)26-12-4-7-18-21-22-23-24(18)15-5-2-1-3-6-15/h1-3,5-6,8-11,13H,4,7,12H2,(H,20,25). The largest absolute Gasteiger partial charge is 0.494 e. The van der Waals surface area contributed by atoms with Crippen LogP contribution in [-0.2, 0) is 6.42 Å². The van der Waals surface area contributed by atoms with Gasteiger partial charge in [0, 0.05) is 23.4 Å². The van der Waals surface area contributed by atoms with Crippen LogP contribution in [0.4, 0.5) is 0 Å². The van der Waals surface area contributed by atoms with Gasteiger partial charge in [-0.05, 0) is 53.2 Å². The predicted octanol–water partition coefficient (Wildman–Crippen LogP) is 2.52. The summed E-state index contributed by atoms with van der Waals surface area (Å²) in [6.45, 7) is 0.552. The van der Waals surface area contributed by atoms with Gasteiger partial charge in [0.25, 0.3) is 0 Å². The van der Waals surface area contributed by atoms with E-state index >= 15 is 0 Å². The minimum absolute atomic E-state index is 0.109. The minimum atomic E-state index is -0.109. The lowest BCUT2D eigenvalue weighted by Gasteiger charge is -2.07. The molecule has 1 N–H and O–H groups in total. The Kier molecular flexibility index (Phi) is 4.42. The molecule has 2 aromatic carbocycles. The maximum atomic E-state index is 11.3. The summed E-state index contributed by atoms with van der Waals surface area (Å²) in [7, 11) is 0. The van der Waals surface area contributed by atoms with Crippen molar-refractivity contribution in [3.8, 4) is 11.4 Å². The molecule has 0 saturated heterocycles. The van der Waals surface area contributed by atoms with Gasteiger partial charge < -0.3 is 9.72 Å². The Morgan fingerprint density at radius 3 is 2.81 bits per heavy atom. The number of H-pyrrole nitrogens is 1. The molecule has 7 heteroatoms. The molecule has 26 heavy (non-hydrogen) atoms.